The number of esters is 1. The van der Waals surface area contributed by atoms with Crippen molar-refractivity contribution in [3.63, 3.8) is 0 Å². The minimum Gasteiger partial charge on any atom is -0.461 e. The highest BCUT2D eigenvalue weighted by Crippen LogP contribution is 2.23. The Kier molecular flexibility index (Phi) is 6.32. The molecule has 0 aliphatic rings. The number of ether oxygens (including phenoxy) is 1. The lowest BCUT2D eigenvalue weighted by Gasteiger charge is -2.11. The molecule has 2 heterocycles. The van der Waals surface area contributed by atoms with Gasteiger partial charge < -0.3 is 9.30 Å². The molecule has 0 amide bonds. The fourth-order valence-electron chi connectivity index (χ4n) is 3.12. The smallest absolute Gasteiger partial charge is 0.358 e. The predicted molar refractivity (Wildman–Crippen MR) is 113 cm³/mol. The molecule has 0 spiro atoms. The minimum absolute atomic E-state index is 0.0643. The molecule has 0 radical (unpaired) electrons. The number of hydrogen-bond donors (Lipinski definition) is 0. The van der Waals surface area contributed by atoms with Crippen LogP contribution in [0.1, 0.15) is 41.9 Å². The van der Waals surface area contributed by atoms with E-state index >= 15 is 0 Å². The zero-order chi connectivity index (χ0) is 21.0. The van der Waals surface area contributed by atoms with Crippen molar-refractivity contribution in [2.75, 3.05) is 6.61 Å². The summed E-state index contributed by atoms with van der Waals surface area (Å²) in [6.07, 6.45) is 2.64. The van der Waals surface area contributed by atoms with Crippen LogP contribution in [0, 0.1) is 12.8 Å². The Hall–Kier alpha value is -3.15. The molecule has 6 nitrogen and oxygen atoms in total. The molecule has 6 heteroatoms. The van der Waals surface area contributed by atoms with Gasteiger partial charge >= 0.3 is 5.97 Å². The Bertz CT molecular complexity index is 1050. The van der Waals surface area contributed by atoms with Crippen molar-refractivity contribution in [1.82, 2.24) is 14.3 Å². The van der Waals surface area contributed by atoms with E-state index in [1.54, 1.807) is 28.4 Å². The number of pyridine rings is 1. The van der Waals surface area contributed by atoms with Gasteiger partial charge in [0.25, 0.3) is 5.56 Å². The highest BCUT2D eigenvalue weighted by molar-refractivity contribution is 5.88. The van der Waals surface area contributed by atoms with Gasteiger partial charge in [-0.05, 0) is 36.5 Å². The summed E-state index contributed by atoms with van der Waals surface area (Å²) in [5.41, 5.74) is 3.71. The number of carbonyl (C=O) groups is 1. The second-order valence-electron chi connectivity index (χ2n) is 7.68. The Balaban J connectivity index is 1.88. The van der Waals surface area contributed by atoms with Crippen LogP contribution < -0.4 is 5.56 Å². The molecule has 0 atom stereocenters. The first-order chi connectivity index (χ1) is 13.8. The molecule has 3 aromatic rings. The fourth-order valence-corrected chi connectivity index (χ4v) is 3.12. The van der Waals surface area contributed by atoms with Crippen LogP contribution in [0.4, 0.5) is 0 Å². The quantitative estimate of drug-likeness (QED) is 0.573. The lowest BCUT2D eigenvalue weighted by molar-refractivity contribution is 0.0480. The summed E-state index contributed by atoms with van der Waals surface area (Å²) < 4.78 is 8.65. The lowest BCUT2D eigenvalue weighted by Crippen LogP contribution is -2.20. The maximum absolute atomic E-state index is 12.5. The average Bonchev–Trinajstić information content (AvgIpc) is 3.06. The lowest BCUT2D eigenvalue weighted by atomic mass is 10.1. The first-order valence-electron chi connectivity index (χ1n) is 9.81. The molecule has 0 N–H and O–H groups in total. The number of hydrogen-bond acceptors (Lipinski definition) is 4. The van der Waals surface area contributed by atoms with E-state index < -0.39 is 5.97 Å². The summed E-state index contributed by atoms with van der Waals surface area (Å²) in [6, 6.07) is 13.2. The number of rotatable bonds is 7. The highest BCUT2D eigenvalue weighted by atomic mass is 16.5. The van der Waals surface area contributed by atoms with Crippen LogP contribution >= 0.6 is 0 Å². The number of nitrogens with zero attached hydrogens (tertiary/aromatic N) is 3. The van der Waals surface area contributed by atoms with Gasteiger partial charge in [0, 0.05) is 24.9 Å². The molecule has 1 aromatic carbocycles. The van der Waals surface area contributed by atoms with Gasteiger partial charge in [-0.3, -0.25) is 9.48 Å². The van der Waals surface area contributed by atoms with Gasteiger partial charge in [0.2, 0.25) is 0 Å². The summed E-state index contributed by atoms with van der Waals surface area (Å²) in [7, 11) is 1.78. The average molecular weight is 393 g/mol. The van der Waals surface area contributed by atoms with Crippen LogP contribution in [0.25, 0.3) is 11.3 Å². The molecule has 29 heavy (non-hydrogen) atoms. The standard InChI is InChI=1S/C23H27N3O3/c1-16(2)10-11-29-23(28)20-13-21(25(4)24-20)19-15-26(22(27)12-17(19)3)14-18-8-6-5-7-9-18/h5-9,12-13,15-16H,10-11,14H2,1-4H3. The van der Waals surface area contributed by atoms with Crippen LogP contribution in [0.5, 0.6) is 0 Å². The molecule has 0 saturated heterocycles. The van der Waals surface area contributed by atoms with Crippen LogP contribution in [0.3, 0.4) is 0 Å². The number of aryl methyl sites for hydroxylation is 2. The van der Waals surface area contributed by atoms with Gasteiger partial charge in [-0.25, -0.2) is 4.79 Å². The third kappa shape index (κ3) is 5.02. The molecule has 0 aliphatic heterocycles. The van der Waals surface area contributed by atoms with Crippen molar-refractivity contribution in [2.24, 2.45) is 13.0 Å². The summed E-state index contributed by atoms with van der Waals surface area (Å²) in [6.45, 7) is 6.91. The van der Waals surface area contributed by atoms with Crippen molar-refractivity contribution < 1.29 is 9.53 Å². The minimum atomic E-state index is -0.428. The van der Waals surface area contributed by atoms with Crippen molar-refractivity contribution in [3.8, 4) is 11.3 Å². The second kappa shape index (κ2) is 8.90. The van der Waals surface area contributed by atoms with Crippen molar-refractivity contribution in [3.05, 3.63) is 75.8 Å². The van der Waals surface area contributed by atoms with Crippen LogP contribution in [-0.2, 0) is 18.3 Å². The Morgan fingerprint density at radius 3 is 2.59 bits per heavy atom. The maximum Gasteiger partial charge on any atom is 0.358 e. The third-order valence-electron chi connectivity index (χ3n) is 4.82. The van der Waals surface area contributed by atoms with Crippen LogP contribution in [-0.4, -0.2) is 26.9 Å². The molecule has 0 fully saturated rings. The second-order valence-corrected chi connectivity index (χ2v) is 7.68. The summed E-state index contributed by atoms with van der Waals surface area (Å²) in [5, 5.41) is 4.32. The largest absolute Gasteiger partial charge is 0.461 e. The molecule has 0 saturated carbocycles. The van der Waals surface area contributed by atoms with Gasteiger partial charge in [-0.2, -0.15) is 5.10 Å². The third-order valence-corrected chi connectivity index (χ3v) is 4.82. The summed E-state index contributed by atoms with van der Waals surface area (Å²) in [5.74, 6) is 0.0400. The zero-order valence-corrected chi connectivity index (χ0v) is 17.4. The molecule has 0 aliphatic carbocycles. The SMILES string of the molecule is Cc1cc(=O)n(Cc2ccccc2)cc1-c1cc(C(=O)OCCC(C)C)nn1C. The molecular weight excluding hydrogens is 366 g/mol. The normalized spacial score (nSPS) is 11.1. The zero-order valence-electron chi connectivity index (χ0n) is 17.4. The monoisotopic (exact) mass is 393 g/mol. The number of aromatic nitrogens is 3. The maximum atomic E-state index is 12.5. The molecule has 3 rings (SSSR count). The van der Waals surface area contributed by atoms with E-state index in [1.165, 1.54) is 0 Å². The highest BCUT2D eigenvalue weighted by Gasteiger charge is 2.17. The van der Waals surface area contributed by atoms with Crippen molar-refractivity contribution in [2.45, 2.75) is 33.7 Å². The van der Waals surface area contributed by atoms with Crippen LogP contribution in [0.2, 0.25) is 0 Å². The van der Waals surface area contributed by atoms with Gasteiger partial charge in [-0.1, -0.05) is 44.2 Å². The van der Waals surface area contributed by atoms with E-state index in [4.69, 9.17) is 4.74 Å². The first kappa shape index (κ1) is 20.6. The topological polar surface area (TPSA) is 66.1 Å². The summed E-state index contributed by atoms with van der Waals surface area (Å²) in [4.78, 5) is 24.8. The van der Waals surface area contributed by atoms with E-state index in [9.17, 15) is 9.59 Å². The number of benzene rings is 1. The molecule has 2 aromatic heterocycles. The van der Waals surface area contributed by atoms with E-state index in [1.807, 2.05) is 43.5 Å². The fraction of sp³-hybridized carbons (Fsp3) is 0.348. The Morgan fingerprint density at radius 1 is 1.17 bits per heavy atom. The van der Waals surface area contributed by atoms with E-state index in [0.29, 0.717) is 19.1 Å². The van der Waals surface area contributed by atoms with Crippen molar-refractivity contribution >= 4 is 5.97 Å². The predicted octanol–water partition coefficient (Wildman–Crippen LogP) is 3.81. The van der Waals surface area contributed by atoms with Gasteiger partial charge in [0.15, 0.2) is 5.69 Å². The first-order valence-corrected chi connectivity index (χ1v) is 9.81. The van der Waals surface area contributed by atoms with E-state index in [0.717, 1.165) is 28.8 Å². The van der Waals surface area contributed by atoms with E-state index in [2.05, 4.69) is 18.9 Å². The molecule has 0 bridgehead atoms. The molecule has 152 valence electrons. The van der Waals surface area contributed by atoms with Crippen LogP contribution in [0.15, 0.2) is 53.5 Å². The Labute approximate surface area is 170 Å². The molecule has 0 unspecified atom stereocenters. The molecular formula is C23H27N3O3. The van der Waals surface area contributed by atoms with Crippen molar-refractivity contribution in [1.29, 1.82) is 0 Å². The van der Waals surface area contributed by atoms with E-state index in [-0.39, 0.29) is 11.3 Å². The van der Waals surface area contributed by atoms with Gasteiger partial charge in [0.1, 0.15) is 0 Å². The van der Waals surface area contributed by atoms with Gasteiger partial charge in [0.05, 0.1) is 18.8 Å². The number of carbonyl (C=O) groups excluding carboxylic acids is 1. The Morgan fingerprint density at radius 2 is 1.90 bits per heavy atom. The van der Waals surface area contributed by atoms with Gasteiger partial charge in [-0.15, -0.1) is 0 Å². The summed E-state index contributed by atoms with van der Waals surface area (Å²) >= 11 is 0.